The lowest BCUT2D eigenvalue weighted by atomic mass is 10.3. The number of aromatic nitrogens is 2. The molecule has 1 N–H and O–H groups in total. The number of carboxylic acid groups (broad SMARTS) is 1. The van der Waals surface area contributed by atoms with E-state index < -0.39 is 5.97 Å². The summed E-state index contributed by atoms with van der Waals surface area (Å²) in [6, 6.07) is 0. The summed E-state index contributed by atoms with van der Waals surface area (Å²) in [6.07, 6.45) is 1.29. The van der Waals surface area contributed by atoms with Gasteiger partial charge in [-0.3, -0.25) is 0 Å². The van der Waals surface area contributed by atoms with Gasteiger partial charge in [0.2, 0.25) is 5.89 Å². The molecule has 78 valence electrons. The van der Waals surface area contributed by atoms with Crippen LogP contribution in [-0.2, 0) is 11.2 Å². The first-order valence-electron chi connectivity index (χ1n) is 4.37. The van der Waals surface area contributed by atoms with Gasteiger partial charge < -0.3 is 14.4 Å². The minimum atomic E-state index is -1.18. The molecule has 0 atom stereocenters. The van der Waals surface area contributed by atoms with Crippen molar-refractivity contribution in [3.63, 3.8) is 0 Å². The van der Waals surface area contributed by atoms with E-state index in [1.165, 1.54) is 0 Å². The Balaban J connectivity index is 2.33. The molecule has 14 heavy (non-hydrogen) atoms. The lowest BCUT2D eigenvalue weighted by molar-refractivity contribution is 0.0680. The van der Waals surface area contributed by atoms with Crippen molar-refractivity contribution in [2.45, 2.75) is 19.8 Å². The highest BCUT2D eigenvalue weighted by Crippen LogP contribution is 2.01. The van der Waals surface area contributed by atoms with Crippen molar-refractivity contribution in [2.24, 2.45) is 0 Å². The molecule has 0 saturated heterocycles. The fourth-order valence-electron chi connectivity index (χ4n) is 0.913. The molecule has 0 radical (unpaired) electrons. The van der Waals surface area contributed by atoms with Gasteiger partial charge in [0.15, 0.2) is 0 Å². The van der Waals surface area contributed by atoms with E-state index in [4.69, 9.17) is 14.4 Å². The smallest absolute Gasteiger partial charge is 0.377 e. The van der Waals surface area contributed by atoms with Crippen molar-refractivity contribution in [3.05, 3.63) is 11.7 Å². The van der Waals surface area contributed by atoms with Crippen LogP contribution in [0.25, 0.3) is 0 Å². The molecule has 0 fully saturated rings. The molecule has 1 heterocycles. The Morgan fingerprint density at radius 2 is 2.43 bits per heavy atom. The van der Waals surface area contributed by atoms with Crippen molar-refractivity contribution in [1.29, 1.82) is 0 Å². The van der Waals surface area contributed by atoms with Crippen LogP contribution >= 0.6 is 0 Å². The molecule has 0 saturated carbocycles. The quantitative estimate of drug-likeness (QED) is 0.681. The van der Waals surface area contributed by atoms with Gasteiger partial charge in [0.05, 0.1) is 0 Å². The number of nitrogens with zero attached hydrogens (tertiary/aromatic N) is 2. The molecule has 6 heteroatoms. The first-order chi connectivity index (χ1) is 6.74. The summed E-state index contributed by atoms with van der Waals surface area (Å²) in [5.74, 6) is -1.14. The maximum Gasteiger partial charge on any atom is 0.377 e. The van der Waals surface area contributed by atoms with E-state index in [0.717, 1.165) is 6.42 Å². The Labute approximate surface area is 80.9 Å². The van der Waals surface area contributed by atoms with Crippen LogP contribution in [0.4, 0.5) is 0 Å². The second-order valence-electron chi connectivity index (χ2n) is 2.62. The number of aryl methyl sites for hydroxylation is 1. The highest BCUT2D eigenvalue weighted by atomic mass is 16.5. The largest absolute Gasteiger partial charge is 0.475 e. The van der Waals surface area contributed by atoms with Crippen LogP contribution in [0.2, 0.25) is 0 Å². The van der Waals surface area contributed by atoms with E-state index in [2.05, 4.69) is 10.1 Å². The number of rotatable bonds is 6. The summed E-state index contributed by atoms with van der Waals surface area (Å²) in [5.41, 5.74) is 0. The topological polar surface area (TPSA) is 85.5 Å². The lowest BCUT2D eigenvalue weighted by Crippen LogP contribution is -1.99. The number of aromatic carboxylic acids is 1. The van der Waals surface area contributed by atoms with Gasteiger partial charge in [-0.05, 0) is 18.5 Å². The molecule has 0 aliphatic heterocycles. The Bertz CT molecular complexity index is 297. The molecule has 0 amide bonds. The summed E-state index contributed by atoms with van der Waals surface area (Å²) < 4.78 is 9.81. The number of carboxylic acids is 1. The SMILES string of the molecule is CCOCCCc1nc(C(=O)O)no1. The monoisotopic (exact) mass is 200 g/mol. The van der Waals surface area contributed by atoms with Crippen LogP contribution < -0.4 is 0 Å². The van der Waals surface area contributed by atoms with Gasteiger partial charge in [0.25, 0.3) is 5.82 Å². The molecule has 1 aromatic rings. The van der Waals surface area contributed by atoms with Gasteiger partial charge in [-0.25, -0.2) is 4.79 Å². The average Bonchev–Trinajstić information content (AvgIpc) is 2.61. The zero-order valence-electron chi connectivity index (χ0n) is 7.89. The summed E-state index contributed by atoms with van der Waals surface area (Å²) in [7, 11) is 0. The molecular weight excluding hydrogens is 188 g/mol. The third-order valence-corrected chi connectivity index (χ3v) is 1.54. The first kappa shape index (κ1) is 10.6. The second kappa shape index (κ2) is 5.33. The second-order valence-corrected chi connectivity index (χ2v) is 2.62. The Morgan fingerprint density at radius 3 is 3.00 bits per heavy atom. The van der Waals surface area contributed by atoms with E-state index in [9.17, 15) is 4.79 Å². The summed E-state index contributed by atoms with van der Waals surface area (Å²) in [6.45, 7) is 3.20. The Kier molecular flexibility index (Phi) is 4.06. The third kappa shape index (κ3) is 3.14. The molecule has 0 bridgehead atoms. The van der Waals surface area contributed by atoms with Gasteiger partial charge in [-0.2, -0.15) is 4.98 Å². The summed E-state index contributed by atoms with van der Waals surface area (Å²) in [4.78, 5) is 14.1. The van der Waals surface area contributed by atoms with E-state index in [0.29, 0.717) is 25.5 Å². The molecule has 0 aliphatic carbocycles. The molecule has 1 aromatic heterocycles. The summed E-state index contributed by atoms with van der Waals surface area (Å²) in [5, 5.41) is 11.8. The third-order valence-electron chi connectivity index (χ3n) is 1.54. The molecule has 1 rings (SSSR count). The Morgan fingerprint density at radius 1 is 1.64 bits per heavy atom. The highest BCUT2D eigenvalue weighted by Gasteiger charge is 2.11. The zero-order valence-corrected chi connectivity index (χ0v) is 7.89. The molecule has 0 unspecified atom stereocenters. The maximum atomic E-state index is 10.4. The standard InChI is InChI=1S/C8H12N2O4/c1-2-13-5-3-4-6-9-7(8(11)12)10-14-6/h2-5H2,1H3,(H,11,12). The van der Waals surface area contributed by atoms with Crippen LogP contribution in [0.5, 0.6) is 0 Å². The lowest BCUT2D eigenvalue weighted by Gasteiger charge is -1.96. The van der Waals surface area contributed by atoms with Crippen LogP contribution in [0.3, 0.4) is 0 Å². The van der Waals surface area contributed by atoms with Gasteiger partial charge in [-0.15, -0.1) is 0 Å². The predicted octanol–water partition coefficient (Wildman–Crippen LogP) is 0.737. The zero-order chi connectivity index (χ0) is 10.4. The van der Waals surface area contributed by atoms with Crippen LogP contribution in [0.15, 0.2) is 4.52 Å². The van der Waals surface area contributed by atoms with Gasteiger partial charge in [-0.1, -0.05) is 0 Å². The number of carbonyl (C=O) groups is 1. The van der Waals surface area contributed by atoms with Crippen molar-refractivity contribution >= 4 is 5.97 Å². The average molecular weight is 200 g/mol. The van der Waals surface area contributed by atoms with Crippen LogP contribution in [-0.4, -0.2) is 34.4 Å². The van der Waals surface area contributed by atoms with Crippen molar-refractivity contribution in [1.82, 2.24) is 10.1 Å². The highest BCUT2D eigenvalue weighted by molar-refractivity contribution is 5.82. The summed E-state index contributed by atoms with van der Waals surface area (Å²) >= 11 is 0. The fraction of sp³-hybridized carbons (Fsp3) is 0.625. The predicted molar refractivity (Wildman–Crippen MR) is 46.1 cm³/mol. The Hall–Kier alpha value is -1.43. The fourth-order valence-corrected chi connectivity index (χ4v) is 0.913. The maximum absolute atomic E-state index is 10.4. The van der Waals surface area contributed by atoms with Crippen LogP contribution in [0, 0.1) is 0 Å². The van der Waals surface area contributed by atoms with Crippen molar-refractivity contribution < 1.29 is 19.2 Å². The van der Waals surface area contributed by atoms with E-state index in [1.807, 2.05) is 6.92 Å². The normalized spacial score (nSPS) is 10.4. The number of ether oxygens (including phenoxy) is 1. The van der Waals surface area contributed by atoms with E-state index >= 15 is 0 Å². The van der Waals surface area contributed by atoms with Crippen molar-refractivity contribution in [3.8, 4) is 0 Å². The molecular formula is C8H12N2O4. The number of hydrogen-bond donors (Lipinski definition) is 1. The van der Waals surface area contributed by atoms with E-state index in [-0.39, 0.29) is 5.82 Å². The number of hydrogen-bond acceptors (Lipinski definition) is 5. The molecule has 0 aromatic carbocycles. The molecule has 6 nitrogen and oxygen atoms in total. The van der Waals surface area contributed by atoms with Crippen molar-refractivity contribution in [2.75, 3.05) is 13.2 Å². The first-order valence-corrected chi connectivity index (χ1v) is 4.37. The van der Waals surface area contributed by atoms with Gasteiger partial charge >= 0.3 is 5.97 Å². The van der Waals surface area contributed by atoms with E-state index in [1.54, 1.807) is 0 Å². The minimum absolute atomic E-state index is 0.295. The minimum Gasteiger partial charge on any atom is -0.475 e. The molecule has 0 aliphatic rings. The van der Waals surface area contributed by atoms with Gasteiger partial charge in [0, 0.05) is 19.6 Å². The van der Waals surface area contributed by atoms with Crippen LogP contribution in [0.1, 0.15) is 29.9 Å². The molecule has 0 spiro atoms. The van der Waals surface area contributed by atoms with Gasteiger partial charge in [0.1, 0.15) is 0 Å².